The number of amides is 1. The monoisotopic (exact) mass is 304 g/mol. The van der Waals surface area contributed by atoms with E-state index in [2.05, 4.69) is 22.7 Å². The molecule has 1 amide bonds. The van der Waals surface area contributed by atoms with Crippen LogP contribution in [0.5, 0.6) is 0 Å². The first-order chi connectivity index (χ1) is 10.1. The number of aryl methyl sites for hydroxylation is 2. The van der Waals surface area contributed by atoms with Gasteiger partial charge in [-0.05, 0) is 44.6 Å². The summed E-state index contributed by atoms with van der Waals surface area (Å²) in [5, 5.41) is 6.02. The lowest BCUT2D eigenvalue weighted by atomic mass is 10.1. The average Bonchev–Trinajstić information content (AvgIpc) is 3.07. The molecule has 21 heavy (non-hydrogen) atoms. The maximum Gasteiger partial charge on any atom is 0.227 e. The van der Waals surface area contributed by atoms with Crippen LogP contribution < -0.4 is 0 Å². The van der Waals surface area contributed by atoms with Crippen molar-refractivity contribution in [3.8, 4) is 0 Å². The van der Waals surface area contributed by atoms with Gasteiger partial charge in [0, 0.05) is 23.0 Å². The van der Waals surface area contributed by atoms with Crippen molar-refractivity contribution in [2.45, 2.75) is 45.6 Å². The van der Waals surface area contributed by atoms with Gasteiger partial charge in [-0.25, -0.2) is 0 Å². The van der Waals surface area contributed by atoms with Gasteiger partial charge in [0.25, 0.3) is 0 Å². The average molecular weight is 304 g/mol. The zero-order valence-electron chi connectivity index (χ0n) is 12.5. The van der Waals surface area contributed by atoms with E-state index in [0.29, 0.717) is 12.5 Å². The number of nitrogens with zero attached hydrogens (tertiary/aromatic N) is 2. The first-order valence-electron chi connectivity index (χ1n) is 7.38. The predicted octanol–water partition coefficient (Wildman–Crippen LogP) is 3.13. The van der Waals surface area contributed by atoms with Crippen LogP contribution in [0.3, 0.4) is 0 Å². The summed E-state index contributed by atoms with van der Waals surface area (Å²) in [6, 6.07) is 4.64. The van der Waals surface area contributed by atoms with Crippen molar-refractivity contribution >= 4 is 17.2 Å². The van der Waals surface area contributed by atoms with Crippen LogP contribution in [0, 0.1) is 13.8 Å². The normalized spacial score (nSPS) is 14.4. The number of hydrogen-bond donors (Lipinski definition) is 0. The third-order valence-electron chi connectivity index (χ3n) is 4.00. The lowest BCUT2D eigenvalue weighted by molar-refractivity contribution is -0.131. The summed E-state index contributed by atoms with van der Waals surface area (Å²) in [6.45, 7) is 4.58. The summed E-state index contributed by atoms with van der Waals surface area (Å²) < 4.78 is 5.15. The molecule has 1 aliphatic rings. The number of thiophene rings is 1. The van der Waals surface area contributed by atoms with Gasteiger partial charge in [-0.3, -0.25) is 4.79 Å². The van der Waals surface area contributed by atoms with Crippen LogP contribution in [-0.2, 0) is 17.6 Å². The van der Waals surface area contributed by atoms with Gasteiger partial charge in [0.15, 0.2) is 0 Å². The fourth-order valence-electron chi connectivity index (χ4n) is 2.59. The van der Waals surface area contributed by atoms with Gasteiger partial charge >= 0.3 is 0 Å². The van der Waals surface area contributed by atoms with Crippen LogP contribution in [0.1, 0.15) is 34.7 Å². The van der Waals surface area contributed by atoms with Crippen molar-refractivity contribution in [3.63, 3.8) is 0 Å². The van der Waals surface area contributed by atoms with E-state index in [4.69, 9.17) is 4.52 Å². The van der Waals surface area contributed by atoms with Gasteiger partial charge < -0.3 is 9.42 Å². The molecule has 5 heteroatoms. The fraction of sp³-hybridized carbons (Fsp3) is 0.500. The quantitative estimate of drug-likeness (QED) is 0.823. The van der Waals surface area contributed by atoms with Crippen molar-refractivity contribution in [1.29, 1.82) is 0 Å². The number of hydrogen-bond acceptors (Lipinski definition) is 4. The summed E-state index contributed by atoms with van der Waals surface area (Å²) in [7, 11) is 0. The molecule has 0 aromatic carbocycles. The van der Waals surface area contributed by atoms with Gasteiger partial charge in [-0.2, -0.15) is 0 Å². The van der Waals surface area contributed by atoms with Crippen LogP contribution >= 0.6 is 11.3 Å². The van der Waals surface area contributed by atoms with E-state index >= 15 is 0 Å². The Bertz CT molecular complexity index is 595. The molecule has 2 aromatic rings. The minimum atomic E-state index is 0.198. The SMILES string of the molecule is Cc1noc(C)c1CC(=O)N(CCc1cccs1)C1CC1. The molecule has 1 aliphatic carbocycles. The zero-order chi connectivity index (χ0) is 14.8. The molecule has 0 N–H and O–H groups in total. The summed E-state index contributed by atoms with van der Waals surface area (Å²) >= 11 is 1.76. The topological polar surface area (TPSA) is 46.3 Å². The Morgan fingerprint density at radius 3 is 2.86 bits per heavy atom. The number of carbonyl (C=O) groups is 1. The molecule has 3 rings (SSSR count). The van der Waals surface area contributed by atoms with Crippen LogP contribution in [0.15, 0.2) is 22.0 Å². The second kappa shape index (κ2) is 6.02. The van der Waals surface area contributed by atoms with E-state index in [1.54, 1.807) is 11.3 Å². The van der Waals surface area contributed by atoms with E-state index in [9.17, 15) is 4.79 Å². The summed E-state index contributed by atoms with van der Waals surface area (Å²) in [5.74, 6) is 0.957. The maximum absolute atomic E-state index is 12.6. The van der Waals surface area contributed by atoms with Gasteiger partial charge in [-0.1, -0.05) is 11.2 Å². The molecule has 0 unspecified atom stereocenters. The molecule has 0 radical (unpaired) electrons. The van der Waals surface area contributed by atoms with Crippen molar-refractivity contribution in [2.24, 2.45) is 0 Å². The van der Waals surface area contributed by atoms with Crippen molar-refractivity contribution in [3.05, 3.63) is 39.4 Å². The lowest BCUT2D eigenvalue weighted by Crippen LogP contribution is -2.36. The van der Waals surface area contributed by atoms with E-state index < -0.39 is 0 Å². The Morgan fingerprint density at radius 1 is 1.48 bits per heavy atom. The van der Waals surface area contributed by atoms with Gasteiger partial charge in [0.05, 0.1) is 12.1 Å². The highest BCUT2D eigenvalue weighted by Gasteiger charge is 2.32. The van der Waals surface area contributed by atoms with Crippen molar-refractivity contribution in [1.82, 2.24) is 10.1 Å². The number of carbonyl (C=O) groups excluding carboxylic acids is 1. The Hall–Kier alpha value is -1.62. The van der Waals surface area contributed by atoms with Gasteiger partial charge in [-0.15, -0.1) is 11.3 Å². The molecule has 0 aliphatic heterocycles. The van der Waals surface area contributed by atoms with Gasteiger partial charge in [0.2, 0.25) is 5.91 Å². The second-order valence-electron chi connectivity index (χ2n) is 5.63. The molecule has 1 fully saturated rings. The zero-order valence-corrected chi connectivity index (χ0v) is 13.3. The summed E-state index contributed by atoms with van der Waals surface area (Å²) in [5.41, 5.74) is 1.77. The minimum absolute atomic E-state index is 0.198. The third-order valence-corrected chi connectivity index (χ3v) is 4.93. The highest BCUT2D eigenvalue weighted by atomic mass is 32.1. The molecule has 0 bridgehead atoms. The Kier molecular flexibility index (Phi) is 4.10. The molecule has 0 atom stereocenters. The third kappa shape index (κ3) is 3.35. The van der Waals surface area contributed by atoms with E-state index in [0.717, 1.165) is 42.8 Å². The molecule has 112 valence electrons. The highest BCUT2D eigenvalue weighted by molar-refractivity contribution is 7.09. The number of rotatable bonds is 6. The van der Waals surface area contributed by atoms with E-state index in [-0.39, 0.29) is 5.91 Å². The van der Waals surface area contributed by atoms with Crippen molar-refractivity contribution in [2.75, 3.05) is 6.54 Å². The Morgan fingerprint density at radius 2 is 2.29 bits per heavy atom. The lowest BCUT2D eigenvalue weighted by Gasteiger charge is -2.22. The maximum atomic E-state index is 12.6. The molecule has 4 nitrogen and oxygen atoms in total. The molecule has 2 aromatic heterocycles. The standard InChI is InChI=1S/C16H20N2O2S/c1-11-15(12(2)20-17-11)10-16(19)18(13-5-6-13)8-7-14-4-3-9-21-14/h3-4,9,13H,5-8,10H2,1-2H3. The van der Waals surface area contributed by atoms with Crippen LogP contribution in [-0.4, -0.2) is 28.6 Å². The highest BCUT2D eigenvalue weighted by Crippen LogP contribution is 2.28. The van der Waals surface area contributed by atoms with E-state index in [1.165, 1.54) is 4.88 Å². The predicted molar refractivity (Wildman–Crippen MR) is 82.4 cm³/mol. The molecular formula is C16H20N2O2S. The molecule has 2 heterocycles. The second-order valence-corrected chi connectivity index (χ2v) is 6.66. The Balaban J connectivity index is 1.64. The first-order valence-corrected chi connectivity index (χ1v) is 8.26. The van der Waals surface area contributed by atoms with Crippen LogP contribution in [0.25, 0.3) is 0 Å². The summed E-state index contributed by atoms with van der Waals surface area (Å²) in [6.07, 6.45) is 3.62. The first kappa shape index (κ1) is 14.3. The molecule has 1 saturated carbocycles. The minimum Gasteiger partial charge on any atom is -0.361 e. The van der Waals surface area contributed by atoms with E-state index in [1.807, 2.05) is 18.7 Å². The fourth-order valence-corrected chi connectivity index (χ4v) is 3.29. The van der Waals surface area contributed by atoms with Gasteiger partial charge in [0.1, 0.15) is 5.76 Å². The smallest absolute Gasteiger partial charge is 0.227 e. The van der Waals surface area contributed by atoms with Crippen LogP contribution in [0.2, 0.25) is 0 Å². The number of aromatic nitrogens is 1. The Labute approximate surface area is 128 Å². The largest absolute Gasteiger partial charge is 0.361 e. The van der Waals surface area contributed by atoms with Crippen LogP contribution in [0.4, 0.5) is 0 Å². The van der Waals surface area contributed by atoms with Crippen molar-refractivity contribution < 1.29 is 9.32 Å². The molecule has 0 spiro atoms. The summed E-state index contributed by atoms with van der Waals surface area (Å²) in [4.78, 5) is 16.0. The molecular weight excluding hydrogens is 284 g/mol. The molecule has 0 saturated heterocycles.